The second kappa shape index (κ2) is 35.7. The smallest absolute Gasteiger partial charge is 0.305 e. The van der Waals surface area contributed by atoms with Crippen LogP contribution in [-0.4, -0.2) is 170 Å². The number of carbonyl (C=O) groups excluding carboxylic acids is 11. The zero-order valence-electron chi connectivity index (χ0n) is 51.0. The first kappa shape index (κ1) is 72.5. The molecular formula is C59H84N16O15. The van der Waals surface area contributed by atoms with Crippen molar-refractivity contribution in [3.05, 3.63) is 90.0 Å². The molecule has 490 valence electrons. The fourth-order valence-electron chi connectivity index (χ4n) is 9.47. The van der Waals surface area contributed by atoms with Gasteiger partial charge in [0.2, 0.25) is 65.0 Å². The van der Waals surface area contributed by atoms with Gasteiger partial charge in [0.15, 0.2) is 5.96 Å². The van der Waals surface area contributed by atoms with Gasteiger partial charge in [0.25, 0.3) is 0 Å². The quantitative estimate of drug-likeness (QED) is 0.0155. The van der Waals surface area contributed by atoms with Gasteiger partial charge in [0, 0.05) is 44.1 Å². The number of aromatic nitrogens is 2. The number of nitrogens with two attached hydrogens (primary N) is 3. The van der Waals surface area contributed by atoms with Crippen LogP contribution >= 0.6 is 0 Å². The third-order valence-electron chi connectivity index (χ3n) is 14.2. The molecule has 11 amide bonds. The Morgan fingerprint density at radius 3 is 1.47 bits per heavy atom. The minimum Gasteiger partial charge on any atom is -0.481 e. The van der Waals surface area contributed by atoms with E-state index in [-0.39, 0.29) is 75.5 Å². The van der Waals surface area contributed by atoms with Crippen LogP contribution in [0.1, 0.15) is 103 Å². The lowest BCUT2D eigenvalue weighted by Crippen LogP contribution is -2.62. The van der Waals surface area contributed by atoms with Gasteiger partial charge in [0.05, 0.1) is 19.2 Å². The van der Waals surface area contributed by atoms with Gasteiger partial charge in [-0.2, -0.15) is 0 Å². The van der Waals surface area contributed by atoms with Gasteiger partial charge in [-0.25, -0.2) is 4.98 Å². The van der Waals surface area contributed by atoms with Crippen LogP contribution in [0.4, 0.5) is 0 Å². The first-order valence-electron chi connectivity index (χ1n) is 29.4. The summed E-state index contributed by atoms with van der Waals surface area (Å²) < 4.78 is 0. The highest BCUT2D eigenvalue weighted by Crippen LogP contribution is 2.15. The molecule has 0 saturated carbocycles. The topological polar surface area (TPSA) is 502 Å². The first-order chi connectivity index (χ1) is 42.5. The number of amides is 11. The molecule has 1 aliphatic rings. The number of carboxylic acid groups (broad SMARTS) is 2. The Morgan fingerprint density at radius 1 is 0.556 bits per heavy atom. The zero-order valence-corrected chi connectivity index (χ0v) is 51.0. The summed E-state index contributed by atoms with van der Waals surface area (Å²) in [6, 6.07) is 2.67. The molecule has 0 spiro atoms. The van der Waals surface area contributed by atoms with Crippen molar-refractivity contribution in [2.75, 3.05) is 6.54 Å². The van der Waals surface area contributed by atoms with Crippen molar-refractivity contribution in [3.63, 3.8) is 0 Å². The van der Waals surface area contributed by atoms with Crippen molar-refractivity contribution in [2.24, 2.45) is 39.9 Å². The molecule has 4 rings (SSSR count). The van der Waals surface area contributed by atoms with E-state index in [0.717, 1.165) is 0 Å². The van der Waals surface area contributed by atoms with E-state index in [4.69, 9.17) is 17.2 Å². The van der Waals surface area contributed by atoms with Crippen LogP contribution in [0.2, 0.25) is 0 Å². The number of primary amides is 1. The number of carbonyl (C=O) groups is 13. The van der Waals surface area contributed by atoms with Gasteiger partial charge >= 0.3 is 11.9 Å². The molecule has 2 unspecified atom stereocenters. The van der Waals surface area contributed by atoms with Gasteiger partial charge in [-0.15, -0.1) is 0 Å². The van der Waals surface area contributed by atoms with Gasteiger partial charge in [0.1, 0.15) is 60.4 Å². The molecule has 3 aromatic rings. The van der Waals surface area contributed by atoms with Crippen molar-refractivity contribution in [1.29, 1.82) is 0 Å². The van der Waals surface area contributed by atoms with Crippen LogP contribution in [0.25, 0.3) is 0 Å². The number of rotatable bonds is 37. The van der Waals surface area contributed by atoms with Crippen LogP contribution in [0.5, 0.6) is 0 Å². The van der Waals surface area contributed by atoms with E-state index >= 15 is 0 Å². The number of nitrogens with one attached hydrogen (secondary N) is 11. The monoisotopic (exact) mass is 1260 g/mol. The number of hydrogen-bond donors (Lipinski definition) is 16. The normalized spacial score (nSPS) is 15.7. The van der Waals surface area contributed by atoms with E-state index < -0.39 is 162 Å². The minimum atomic E-state index is -1.94. The number of nitrogens with zero attached hydrogens (tertiary/aromatic N) is 2. The molecule has 1 aliphatic heterocycles. The number of hydrogen-bond acceptors (Lipinski definition) is 15. The first-order valence-corrected chi connectivity index (χ1v) is 29.4. The largest absolute Gasteiger partial charge is 0.481 e. The highest BCUT2D eigenvalue weighted by Gasteiger charge is 2.39. The van der Waals surface area contributed by atoms with Crippen LogP contribution in [0.15, 0.2) is 78.2 Å². The maximum absolute atomic E-state index is 14.6. The summed E-state index contributed by atoms with van der Waals surface area (Å²) in [5.74, 6) is -14.9. The zero-order chi connectivity index (χ0) is 66.8. The van der Waals surface area contributed by atoms with Crippen molar-refractivity contribution < 1.29 is 72.5 Å². The summed E-state index contributed by atoms with van der Waals surface area (Å²) in [5, 5.41) is 44.7. The summed E-state index contributed by atoms with van der Waals surface area (Å²) in [5.41, 5.74) is 18.3. The van der Waals surface area contributed by atoms with Crippen molar-refractivity contribution in [1.82, 2.24) is 63.1 Å². The predicted molar refractivity (Wildman–Crippen MR) is 324 cm³/mol. The van der Waals surface area contributed by atoms with Crippen LogP contribution in [0.3, 0.4) is 0 Å². The van der Waals surface area contributed by atoms with E-state index in [1.807, 2.05) is 0 Å². The van der Waals surface area contributed by atoms with Crippen molar-refractivity contribution >= 4 is 82.9 Å². The summed E-state index contributed by atoms with van der Waals surface area (Å²) in [6.07, 6.45) is 0.439. The molecule has 1 fully saturated rings. The molecule has 0 bridgehead atoms. The van der Waals surface area contributed by atoms with Gasteiger partial charge < -0.3 is 85.6 Å². The molecule has 31 heteroatoms. The molecule has 2 aromatic carbocycles. The summed E-state index contributed by atoms with van der Waals surface area (Å²) in [4.78, 5) is 186. The van der Waals surface area contributed by atoms with Crippen molar-refractivity contribution in [2.45, 2.75) is 166 Å². The van der Waals surface area contributed by atoms with Gasteiger partial charge in [-0.1, -0.05) is 102 Å². The number of H-pyrrole nitrogens is 1. The number of carboxylic acids is 2. The average Bonchev–Trinajstić information content (AvgIpc) is 2.08. The fraction of sp³-hybridized carbons (Fsp3) is 0.508. The lowest BCUT2D eigenvalue weighted by atomic mass is 9.98. The number of aromatic amines is 1. The molecule has 90 heavy (non-hydrogen) atoms. The second-order valence-corrected chi connectivity index (χ2v) is 22.9. The van der Waals surface area contributed by atoms with E-state index in [1.165, 1.54) is 26.4 Å². The molecule has 0 radical (unpaired) electrons. The number of benzene rings is 2. The van der Waals surface area contributed by atoms with E-state index in [1.54, 1.807) is 88.4 Å². The molecule has 10 atom stereocenters. The lowest BCUT2D eigenvalue weighted by Gasteiger charge is -2.29. The van der Waals surface area contributed by atoms with E-state index in [0.29, 0.717) is 11.1 Å². The van der Waals surface area contributed by atoms with Crippen molar-refractivity contribution in [3.8, 4) is 0 Å². The molecule has 2 heterocycles. The summed E-state index contributed by atoms with van der Waals surface area (Å²) in [6.45, 7) is 9.75. The Bertz CT molecular complexity index is 3010. The van der Waals surface area contributed by atoms with E-state index in [9.17, 15) is 72.5 Å². The Kier molecular flexibility index (Phi) is 28.8. The molecule has 0 aliphatic carbocycles. The summed E-state index contributed by atoms with van der Waals surface area (Å²) in [7, 11) is 0. The third-order valence-corrected chi connectivity index (χ3v) is 14.2. The SMILES string of the molecule is CC(C)C[C@@H](NC(=O)[C@H](Cc1ccccc1)NC(=O)[C@@H](NC(=O)C(Cc1cnc[nH]1)NC(=O)[C@H](CC(=O)O)NC(=O)[C@@H](NC(=O)[C@H](CC(=O)O)NC(=O)[C@@H]1CCC(=O)N1)C(C)C)C(C)C)C(=O)NC(CCCN=C(N)N)C(=O)N[C@H](Cc1ccccc1)C(N)=O. The molecule has 31 nitrogen and oxygen atoms in total. The molecule has 1 saturated heterocycles. The van der Waals surface area contributed by atoms with Gasteiger partial charge in [-0.05, 0) is 54.6 Å². The lowest BCUT2D eigenvalue weighted by molar-refractivity contribution is -0.142. The maximum Gasteiger partial charge on any atom is 0.305 e. The highest BCUT2D eigenvalue weighted by atomic mass is 16.4. The molecule has 19 N–H and O–H groups in total. The Balaban J connectivity index is 1.58. The summed E-state index contributed by atoms with van der Waals surface area (Å²) >= 11 is 0. The third kappa shape index (κ3) is 24.7. The second-order valence-electron chi connectivity index (χ2n) is 22.9. The number of guanidine groups is 1. The number of imidazole rings is 1. The Hall–Kier alpha value is -9.97. The Labute approximate surface area is 519 Å². The molecule has 1 aromatic heterocycles. The predicted octanol–water partition coefficient (Wildman–Crippen LogP) is -3.07. The average molecular weight is 1260 g/mol. The Morgan fingerprint density at radius 2 is 0.989 bits per heavy atom. The van der Waals surface area contributed by atoms with Crippen LogP contribution in [0, 0.1) is 17.8 Å². The maximum atomic E-state index is 14.6. The van der Waals surface area contributed by atoms with Gasteiger partial charge in [-0.3, -0.25) is 67.3 Å². The van der Waals surface area contributed by atoms with E-state index in [2.05, 4.69) is 68.1 Å². The number of aliphatic imine (C=N–C) groups is 1. The minimum absolute atomic E-state index is 0.0167. The van der Waals surface area contributed by atoms with Crippen LogP contribution in [-0.2, 0) is 81.6 Å². The highest BCUT2D eigenvalue weighted by molar-refractivity contribution is 6.00. The molecular weight excluding hydrogens is 1170 g/mol. The fourth-order valence-corrected chi connectivity index (χ4v) is 9.47. The standard InChI is InChI=1S/C59H84N16O15/c1-30(2)22-39(52(84)67-36(18-13-21-64-59(61)62)50(82)68-38(49(60)81)23-33-14-9-7-10-15-33)69-53(85)40(24-34-16-11-8-12-17-34)72-57(89)47(31(3)4)74-55(87)41(25-35-28-63-29-65-35)70-54(86)42(26-45(77)78)73-58(90)48(32(5)6)75-56(88)43(27-46(79)80)71-51(83)37-19-20-44(76)66-37/h7-12,14-17,28-32,36-43,47-48H,13,18-27H2,1-6H3,(H2,60,81)(H,63,65)(H,66,76)(H,67,84)(H,68,82)(H,69,85)(H,70,86)(H,71,83)(H,72,89)(H,73,90)(H,74,87)(H,75,88)(H,77,78)(H,79,80)(H4,61,62,64)/t36?,37-,38+,39+,40-,41?,42-,43-,47-,48-/m0/s1. The van der Waals surface area contributed by atoms with Crippen LogP contribution < -0.4 is 70.4 Å². The number of aliphatic carboxylic acids is 2.